The molecule has 0 saturated carbocycles. The summed E-state index contributed by atoms with van der Waals surface area (Å²) in [6, 6.07) is 0.187. The van der Waals surface area contributed by atoms with Crippen molar-refractivity contribution in [2.45, 2.75) is 6.04 Å². The van der Waals surface area contributed by atoms with Crippen molar-refractivity contribution >= 4 is 5.91 Å². The van der Waals surface area contributed by atoms with Crippen molar-refractivity contribution in [1.82, 2.24) is 15.1 Å². The van der Waals surface area contributed by atoms with Crippen LogP contribution in [0.3, 0.4) is 0 Å². The summed E-state index contributed by atoms with van der Waals surface area (Å²) in [5, 5.41) is 3.16. The summed E-state index contributed by atoms with van der Waals surface area (Å²) in [5.74, 6) is 0.262. The quantitative estimate of drug-likeness (QED) is 0.657. The Labute approximate surface area is 96.7 Å². The molecule has 2 rings (SSSR count). The molecular weight excluding hydrogens is 206 g/mol. The summed E-state index contributed by atoms with van der Waals surface area (Å²) in [7, 11) is 3.99. The third-order valence-electron chi connectivity index (χ3n) is 3.58. The Kier molecular flexibility index (Phi) is 3.78. The lowest BCUT2D eigenvalue weighted by molar-refractivity contribution is -0.137. The number of amides is 1. The van der Waals surface area contributed by atoms with Gasteiger partial charge in [-0.15, -0.1) is 0 Å². The number of piperazine rings is 1. The van der Waals surface area contributed by atoms with Crippen LogP contribution in [0.25, 0.3) is 0 Å². The van der Waals surface area contributed by atoms with Crippen molar-refractivity contribution in [3.63, 3.8) is 0 Å². The van der Waals surface area contributed by atoms with Gasteiger partial charge in [0.1, 0.15) is 0 Å². The van der Waals surface area contributed by atoms with Gasteiger partial charge < -0.3 is 19.9 Å². The molecule has 0 aromatic heterocycles. The minimum atomic E-state index is 0.00778. The van der Waals surface area contributed by atoms with E-state index in [2.05, 4.69) is 17.3 Å². The molecule has 2 atom stereocenters. The molecule has 16 heavy (non-hydrogen) atoms. The van der Waals surface area contributed by atoms with Gasteiger partial charge in [-0.2, -0.15) is 0 Å². The number of nitrogens with one attached hydrogen (secondary N) is 1. The Hall–Kier alpha value is -0.650. The Morgan fingerprint density at radius 1 is 1.25 bits per heavy atom. The molecule has 0 spiro atoms. The second-order valence-electron chi connectivity index (χ2n) is 4.67. The molecule has 5 heteroatoms. The van der Waals surface area contributed by atoms with Crippen LogP contribution >= 0.6 is 0 Å². The predicted molar refractivity (Wildman–Crippen MR) is 61.2 cm³/mol. The van der Waals surface area contributed by atoms with Crippen molar-refractivity contribution < 1.29 is 9.53 Å². The van der Waals surface area contributed by atoms with Crippen molar-refractivity contribution in [3.05, 3.63) is 0 Å². The summed E-state index contributed by atoms with van der Waals surface area (Å²) >= 11 is 0. The van der Waals surface area contributed by atoms with Gasteiger partial charge >= 0.3 is 0 Å². The lowest BCUT2D eigenvalue weighted by Gasteiger charge is -2.34. The maximum absolute atomic E-state index is 12.3. The van der Waals surface area contributed by atoms with Gasteiger partial charge in [0, 0.05) is 32.2 Å². The Morgan fingerprint density at radius 3 is 2.56 bits per heavy atom. The van der Waals surface area contributed by atoms with Gasteiger partial charge in [-0.05, 0) is 14.1 Å². The van der Waals surface area contributed by atoms with Gasteiger partial charge in [-0.1, -0.05) is 0 Å². The molecule has 2 aliphatic rings. The van der Waals surface area contributed by atoms with E-state index in [4.69, 9.17) is 4.74 Å². The molecule has 0 aliphatic carbocycles. The van der Waals surface area contributed by atoms with E-state index in [1.807, 2.05) is 11.9 Å². The first-order chi connectivity index (χ1) is 7.72. The molecule has 0 aromatic carbocycles. The van der Waals surface area contributed by atoms with Gasteiger partial charge in [0.05, 0.1) is 19.1 Å². The van der Waals surface area contributed by atoms with Crippen LogP contribution in [0.15, 0.2) is 0 Å². The topological polar surface area (TPSA) is 44.8 Å². The number of hydrogen-bond donors (Lipinski definition) is 1. The Morgan fingerprint density at radius 2 is 1.94 bits per heavy atom. The van der Waals surface area contributed by atoms with E-state index in [1.54, 1.807) is 0 Å². The number of nitrogens with zero attached hydrogens (tertiary/aromatic N) is 2. The van der Waals surface area contributed by atoms with Crippen molar-refractivity contribution in [3.8, 4) is 0 Å². The zero-order valence-corrected chi connectivity index (χ0v) is 10.1. The summed E-state index contributed by atoms with van der Waals surface area (Å²) < 4.78 is 5.37. The third kappa shape index (κ3) is 2.36. The molecule has 0 bridgehead atoms. The van der Waals surface area contributed by atoms with Gasteiger partial charge in [0.2, 0.25) is 5.91 Å². The number of hydrogen-bond acceptors (Lipinski definition) is 4. The van der Waals surface area contributed by atoms with Crippen molar-refractivity contribution in [2.75, 3.05) is 53.5 Å². The molecule has 1 N–H and O–H groups in total. The Balaban J connectivity index is 1.91. The van der Waals surface area contributed by atoms with E-state index in [0.29, 0.717) is 13.2 Å². The lowest BCUT2D eigenvalue weighted by atomic mass is 10.0. The SMILES string of the molecule is CNC1COCC1C(=O)N1CCN(C)CC1. The summed E-state index contributed by atoms with van der Waals surface area (Å²) in [6.07, 6.45) is 0. The van der Waals surface area contributed by atoms with Gasteiger partial charge in [-0.3, -0.25) is 4.79 Å². The first-order valence-corrected chi connectivity index (χ1v) is 5.94. The second kappa shape index (κ2) is 5.12. The number of likely N-dealkylation sites (N-methyl/N-ethyl adjacent to an activating group) is 2. The van der Waals surface area contributed by atoms with E-state index < -0.39 is 0 Å². The predicted octanol–water partition coefficient (Wildman–Crippen LogP) is -1.01. The fourth-order valence-electron chi connectivity index (χ4n) is 2.34. The van der Waals surface area contributed by atoms with E-state index in [-0.39, 0.29) is 17.9 Å². The largest absolute Gasteiger partial charge is 0.379 e. The average Bonchev–Trinajstić information content (AvgIpc) is 2.77. The fraction of sp³-hybridized carbons (Fsp3) is 0.909. The molecule has 2 unspecified atom stereocenters. The fourth-order valence-corrected chi connectivity index (χ4v) is 2.34. The number of carbonyl (C=O) groups excluding carboxylic acids is 1. The highest BCUT2D eigenvalue weighted by atomic mass is 16.5. The van der Waals surface area contributed by atoms with Crippen LogP contribution in [0.2, 0.25) is 0 Å². The van der Waals surface area contributed by atoms with E-state index >= 15 is 0 Å². The molecule has 0 aromatic rings. The van der Waals surface area contributed by atoms with Crippen molar-refractivity contribution in [1.29, 1.82) is 0 Å². The first kappa shape index (κ1) is 11.8. The van der Waals surface area contributed by atoms with Crippen LogP contribution < -0.4 is 5.32 Å². The third-order valence-corrected chi connectivity index (χ3v) is 3.58. The lowest BCUT2D eigenvalue weighted by Crippen LogP contribution is -2.51. The second-order valence-corrected chi connectivity index (χ2v) is 4.67. The van der Waals surface area contributed by atoms with E-state index in [9.17, 15) is 4.79 Å². The van der Waals surface area contributed by atoms with Crippen LogP contribution in [0.5, 0.6) is 0 Å². The minimum Gasteiger partial charge on any atom is -0.379 e. The average molecular weight is 227 g/mol. The number of rotatable bonds is 2. The highest BCUT2D eigenvalue weighted by Gasteiger charge is 2.36. The molecule has 2 heterocycles. The first-order valence-electron chi connectivity index (χ1n) is 5.94. The molecule has 2 saturated heterocycles. The summed E-state index contributed by atoms with van der Waals surface area (Å²) in [6.45, 7) is 4.87. The summed E-state index contributed by atoms with van der Waals surface area (Å²) in [4.78, 5) is 16.5. The van der Waals surface area contributed by atoms with E-state index in [0.717, 1.165) is 26.2 Å². The van der Waals surface area contributed by atoms with Crippen LogP contribution in [-0.2, 0) is 9.53 Å². The zero-order valence-electron chi connectivity index (χ0n) is 10.1. The standard InChI is InChI=1S/C11H21N3O2/c1-12-10-8-16-7-9(10)11(15)14-5-3-13(2)4-6-14/h9-10,12H,3-8H2,1-2H3. The monoisotopic (exact) mass is 227 g/mol. The highest BCUT2D eigenvalue weighted by molar-refractivity contribution is 5.80. The van der Waals surface area contributed by atoms with Crippen molar-refractivity contribution in [2.24, 2.45) is 5.92 Å². The molecule has 92 valence electrons. The van der Waals surface area contributed by atoms with Crippen LogP contribution in [-0.4, -0.2) is 75.2 Å². The van der Waals surface area contributed by atoms with Gasteiger partial charge in [0.15, 0.2) is 0 Å². The Bertz CT molecular complexity index is 252. The minimum absolute atomic E-state index is 0.00778. The van der Waals surface area contributed by atoms with Gasteiger partial charge in [-0.25, -0.2) is 0 Å². The molecule has 2 fully saturated rings. The summed E-state index contributed by atoms with van der Waals surface area (Å²) in [5.41, 5.74) is 0. The smallest absolute Gasteiger partial charge is 0.229 e. The molecular formula is C11H21N3O2. The molecule has 2 aliphatic heterocycles. The van der Waals surface area contributed by atoms with Gasteiger partial charge in [0.25, 0.3) is 0 Å². The molecule has 0 radical (unpaired) electrons. The zero-order chi connectivity index (χ0) is 11.5. The van der Waals surface area contributed by atoms with Crippen LogP contribution in [0.4, 0.5) is 0 Å². The normalized spacial score (nSPS) is 32.0. The maximum Gasteiger partial charge on any atom is 0.229 e. The van der Waals surface area contributed by atoms with E-state index in [1.165, 1.54) is 0 Å². The molecule has 5 nitrogen and oxygen atoms in total. The van der Waals surface area contributed by atoms with Crippen LogP contribution in [0.1, 0.15) is 0 Å². The maximum atomic E-state index is 12.3. The highest BCUT2D eigenvalue weighted by Crippen LogP contribution is 2.17. The number of ether oxygens (including phenoxy) is 1. The van der Waals surface area contributed by atoms with Crippen LogP contribution in [0, 0.1) is 5.92 Å². The molecule has 1 amide bonds. The number of carbonyl (C=O) groups is 1.